The number of nitrogens with one attached hydrogen (secondary N) is 2. The molecule has 0 saturated heterocycles. The topological polar surface area (TPSA) is 127 Å². The zero-order valence-electron chi connectivity index (χ0n) is 19.1. The average molecular weight is 479 g/mol. The summed E-state index contributed by atoms with van der Waals surface area (Å²) in [5, 5.41) is 33.8. The molecule has 178 valence electrons. The van der Waals surface area contributed by atoms with Crippen molar-refractivity contribution in [1.82, 2.24) is 10.6 Å². The van der Waals surface area contributed by atoms with E-state index in [1.807, 2.05) is 6.07 Å². The Balaban J connectivity index is 1.60. The number of hydrogen-bond acceptors (Lipinski definition) is 5. The Kier molecular flexibility index (Phi) is 8.58. The molecular weight excluding hydrogens is 456 g/mol. The van der Waals surface area contributed by atoms with Gasteiger partial charge in [0.1, 0.15) is 23.1 Å². The number of nitriles is 1. The van der Waals surface area contributed by atoms with Gasteiger partial charge in [0.25, 0.3) is 17.5 Å². The van der Waals surface area contributed by atoms with Gasteiger partial charge in [0.15, 0.2) is 0 Å². The third-order valence-corrected chi connectivity index (χ3v) is 4.97. The SMILES string of the molecule is [C-]#[N+]/C(=C/c1cccc(O)c1)C(=O)NCc1cccc(CNC(=O)/C(C#N)=C\c2cccc(O)c2)c1. The zero-order chi connectivity index (χ0) is 25.9. The molecule has 8 heteroatoms. The maximum atomic E-state index is 12.5. The van der Waals surface area contributed by atoms with Crippen LogP contribution in [-0.4, -0.2) is 22.0 Å². The highest BCUT2D eigenvalue weighted by molar-refractivity contribution is 6.01. The molecule has 0 aromatic heterocycles. The van der Waals surface area contributed by atoms with Crippen molar-refractivity contribution >= 4 is 24.0 Å². The summed E-state index contributed by atoms with van der Waals surface area (Å²) < 4.78 is 0. The maximum Gasteiger partial charge on any atom is 0.262 e. The summed E-state index contributed by atoms with van der Waals surface area (Å²) in [4.78, 5) is 28.2. The largest absolute Gasteiger partial charge is 0.508 e. The fourth-order valence-corrected chi connectivity index (χ4v) is 3.25. The van der Waals surface area contributed by atoms with Gasteiger partial charge in [0.2, 0.25) is 0 Å². The van der Waals surface area contributed by atoms with E-state index in [9.17, 15) is 25.1 Å². The summed E-state index contributed by atoms with van der Waals surface area (Å²) in [5.74, 6) is -1.04. The molecule has 0 atom stereocenters. The van der Waals surface area contributed by atoms with E-state index in [1.165, 1.54) is 36.4 Å². The predicted octanol–water partition coefficient (Wildman–Crippen LogP) is 3.90. The van der Waals surface area contributed by atoms with E-state index in [1.54, 1.807) is 48.5 Å². The molecule has 3 aromatic carbocycles. The minimum atomic E-state index is -0.557. The number of amides is 2. The first-order valence-corrected chi connectivity index (χ1v) is 10.8. The van der Waals surface area contributed by atoms with Crippen molar-refractivity contribution < 1.29 is 19.8 Å². The van der Waals surface area contributed by atoms with E-state index in [-0.39, 0.29) is 35.9 Å². The molecule has 0 aliphatic heterocycles. The fourth-order valence-electron chi connectivity index (χ4n) is 3.25. The molecule has 0 fully saturated rings. The van der Waals surface area contributed by atoms with Crippen molar-refractivity contribution in [3.05, 3.63) is 118 Å². The van der Waals surface area contributed by atoms with Crippen LogP contribution in [-0.2, 0) is 22.7 Å². The summed E-state index contributed by atoms with van der Waals surface area (Å²) in [6, 6.07) is 21.5. The van der Waals surface area contributed by atoms with E-state index in [0.717, 1.165) is 11.1 Å². The first kappa shape index (κ1) is 25.3. The number of hydrogen-bond donors (Lipinski definition) is 4. The van der Waals surface area contributed by atoms with E-state index in [0.29, 0.717) is 11.1 Å². The maximum absolute atomic E-state index is 12.5. The van der Waals surface area contributed by atoms with Crippen LogP contribution < -0.4 is 10.6 Å². The molecule has 0 heterocycles. The van der Waals surface area contributed by atoms with Crippen LogP contribution in [0.1, 0.15) is 22.3 Å². The van der Waals surface area contributed by atoms with Gasteiger partial charge in [0.05, 0.1) is 6.57 Å². The first-order valence-electron chi connectivity index (χ1n) is 10.8. The smallest absolute Gasteiger partial charge is 0.262 e. The van der Waals surface area contributed by atoms with Crippen LogP contribution in [0, 0.1) is 17.9 Å². The van der Waals surface area contributed by atoms with E-state index in [4.69, 9.17) is 6.57 Å². The van der Waals surface area contributed by atoms with Gasteiger partial charge < -0.3 is 20.8 Å². The van der Waals surface area contributed by atoms with Crippen molar-refractivity contribution in [2.75, 3.05) is 0 Å². The number of phenolic OH excluding ortho intramolecular Hbond substituents is 2. The number of rotatable bonds is 8. The van der Waals surface area contributed by atoms with Crippen LogP contribution in [0.15, 0.2) is 84.1 Å². The second-order valence-electron chi connectivity index (χ2n) is 7.69. The van der Waals surface area contributed by atoms with Crippen LogP contribution in [0.2, 0.25) is 0 Å². The Morgan fingerprint density at radius 1 is 0.833 bits per heavy atom. The summed E-state index contributed by atoms with van der Waals surface area (Å²) in [7, 11) is 0. The monoisotopic (exact) mass is 478 g/mol. The van der Waals surface area contributed by atoms with Crippen LogP contribution in [0.4, 0.5) is 0 Å². The molecule has 0 radical (unpaired) electrons. The first-order chi connectivity index (χ1) is 17.4. The van der Waals surface area contributed by atoms with Crippen LogP contribution in [0.25, 0.3) is 17.0 Å². The minimum absolute atomic E-state index is 0.0312. The molecule has 0 saturated carbocycles. The summed E-state index contributed by atoms with van der Waals surface area (Å²) in [5.41, 5.74) is 2.35. The molecular formula is C28H22N4O4. The second kappa shape index (κ2) is 12.2. The van der Waals surface area contributed by atoms with E-state index in [2.05, 4.69) is 15.5 Å². The van der Waals surface area contributed by atoms with Gasteiger partial charge in [-0.1, -0.05) is 48.5 Å². The third-order valence-electron chi connectivity index (χ3n) is 4.97. The summed E-state index contributed by atoms with van der Waals surface area (Å²) in [6.45, 7) is 7.61. The van der Waals surface area contributed by atoms with Gasteiger partial charge in [-0.3, -0.25) is 9.59 Å². The molecule has 0 unspecified atom stereocenters. The number of carbonyl (C=O) groups is 2. The van der Waals surface area contributed by atoms with Crippen molar-refractivity contribution in [3.63, 3.8) is 0 Å². The van der Waals surface area contributed by atoms with Gasteiger partial charge in [0, 0.05) is 13.1 Å². The van der Waals surface area contributed by atoms with Gasteiger partial charge >= 0.3 is 0 Å². The molecule has 36 heavy (non-hydrogen) atoms. The normalized spacial score (nSPS) is 11.2. The summed E-state index contributed by atoms with van der Waals surface area (Å²) >= 11 is 0. The van der Waals surface area contributed by atoms with Crippen LogP contribution in [0.5, 0.6) is 11.5 Å². The standard InChI is InChI=1S/C28H22N4O4/c1-30-26(15-20-6-4-10-25(34)14-20)28(36)32-18-22-8-2-7-21(11-22)17-31-27(35)23(16-29)12-19-5-3-9-24(33)13-19/h2-15,33-34H,17-18H2,(H,31,35)(H,32,36)/b23-12-,26-15+. The van der Waals surface area contributed by atoms with Gasteiger partial charge in [-0.25, -0.2) is 4.85 Å². The molecule has 0 bridgehead atoms. The molecule has 4 N–H and O–H groups in total. The quantitative estimate of drug-likeness (QED) is 0.222. The lowest BCUT2D eigenvalue weighted by molar-refractivity contribution is -0.118. The number of carbonyl (C=O) groups excluding carboxylic acids is 2. The third kappa shape index (κ3) is 7.34. The van der Waals surface area contributed by atoms with Crippen LogP contribution in [0.3, 0.4) is 0 Å². The molecule has 0 spiro atoms. The fraction of sp³-hybridized carbons (Fsp3) is 0.0714. The predicted molar refractivity (Wildman–Crippen MR) is 135 cm³/mol. The number of aromatic hydroxyl groups is 2. The van der Waals surface area contributed by atoms with Crippen molar-refractivity contribution in [2.24, 2.45) is 0 Å². The lowest BCUT2D eigenvalue weighted by Gasteiger charge is -2.09. The highest BCUT2D eigenvalue weighted by Crippen LogP contribution is 2.16. The number of benzene rings is 3. The Labute approximate surface area is 208 Å². The van der Waals surface area contributed by atoms with Gasteiger partial charge in [-0.15, -0.1) is 0 Å². The van der Waals surface area contributed by atoms with E-state index >= 15 is 0 Å². The summed E-state index contributed by atoms with van der Waals surface area (Å²) in [6.07, 6.45) is 2.78. The van der Waals surface area contributed by atoms with Crippen molar-refractivity contribution in [3.8, 4) is 17.6 Å². The average Bonchev–Trinajstić information content (AvgIpc) is 2.88. The lowest BCUT2D eigenvalue weighted by atomic mass is 10.1. The zero-order valence-corrected chi connectivity index (χ0v) is 19.1. The number of phenols is 2. The molecule has 0 aliphatic rings. The molecule has 0 aliphatic carbocycles. The highest BCUT2D eigenvalue weighted by Gasteiger charge is 2.11. The van der Waals surface area contributed by atoms with Crippen molar-refractivity contribution in [1.29, 1.82) is 5.26 Å². The Morgan fingerprint density at radius 3 is 1.89 bits per heavy atom. The molecule has 3 aromatic rings. The molecule has 3 rings (SSSR count). The lowest BCUT2D eigenvalue weighted by Crippen LogP contribution is -2.25. The van der Waals surface area contributed by atoms with Gasteiger partial charge in [-0.2, -0.15) is 5.26 Å². The van der Waals surface area contributed by atoms with Crippen molar-refractivity contribution in [2.45, 2.75) is 13.1 Å². The second-order valence-corrected chi connectivity index (χ2v) is 7.69. The molecule has 2 amide bonds. The van der Waals surface area contributed by atoms with E-state index < -0.39 is 11.8 Å². The minimum Gasteiger partial charge on any atom is -0.508 e. The van der Waals surface area contributed by atoms with Gasteiger partial charge in [-0.05, 0) is 58.7 Å². The number of nitrogens with zero attached hydrogens (tertiary/aromatic N) is 2. The Morgan fingerprint density at radius 2 is 1.36 bits per heavy atom. The molecule has 8 nitrogen and oxygen atoms in total. The van der Waals surface area contributed by atoms with Crippen LogP contribution >= 0.6 is 0 Å². The Bertz CT molecular complexity index is 1320. The Hall–Kier alpha value is -5.34. The highest BCUT2D eigenvalue weighted by atomic mass is 16.3.